The second kappa shape index (κ2) is 17.0. The van der Waals surface area contributed by atoms with Crippen LogP contribution in [0.4, 0.5) is 0 Å². The molecule has 0 aromatic heterocycles. The Morgan fingerprint density at radius 3 is 1.67 bits per heavy atom. The molecule has 5 aromatic carbocycles. The van der Waals surface area contributed by atoms with Crippen LogP contribution in [0, 0.1) is 19.9 Å². The van der Waals surface area contributed by atoms with Crippen molar-refractivity contribution in [2.24, 2.45) is 0 Å². The van der Waals surface area contributed by atoms with Crippen molar-refractivity contribution in [3.05, 3.63) is 148 Å². The van der Waals surface area contributed by atoms with Crippen LogP contribution < -0.4 is 24.8 Å². The van der Waals surface area contributed by atoms with Crippen molar-refractivity contribution in [3.63, 3.8) is 0 Å². The molecule has 0 N–H and O–H groups in total. The van der Waals surface area contributed by atoms with Crippen LogP contribution in [-0.2, 0) is 46.9 Å². The summed E-state index contributed by atoms with van der Waals surface area (Å²) in [5.41, 5.74) is 17.2. The molecule has 0 spiro atoms. The third kappa shape index (κ3) is 10.8. The number of benzene rings is 4. The van der Waals surface area contributed by atoms with Crippen LogP contribution in [-0.4, -0.2) is 3.71 Å². The molecule has 1 aliphatic carbocycles. The summed E-state index contributed by atoms with van der Waals surface area (Å²) in [7, 11) is 0. The topological polar surface area (TPSA) is 0 Å². The minimum absolute atomic E-state index is 0. The van der Waals surface area contributed by atoms with E-state index >= 15 is 0 Å². The van der Waals surface area contributed by atoms with Crippen LogP contribution in [0.2, 0.25) is 0 Å². The minimum Gasteiger partial charge on any atom is -1.00 e. The Bertz CT molecular complexity index is 1710. The molecule has 0 nitrogen and oxygen atoms in total. The van der Waals surface area contributed by atoms with Gasteiger partial charge in [-0.1, -0.05) is 126 Å². The molecule has 0 saturated heterocycles. The smallest absolute Gasteiger partial charge is 0.0623 e. The molecule has 0 fully saturated rings. The van der Waals surface area contributed by atoms with Crippen molar-refractivity contribution < 1.29 is 49.0 Å². The maximum atomic E-state index is 3.53. The number of fused-ring (bicyclic) bond motifs is 3. The monoisotopic (exact) mass is 752 g/mol. The van der Waals surface area contributed by atoms with E-state index in [1.807, 2.05) is 0 Å². The average molecular weight is 755 g/mol. The second-order valence-corrected chi connectivity index (χ2v) is 16.6. The van der Waals surface area contributed by atoms with E-state index in [9.17, 15) is 0 Å². The molecule has 5 aromatic rings. The Hall–Kier alpha value is -2.44. The normalized spacial score (nSPS) is 11.8. The van der Waals surface area contributed by atoms with Crippen LogP contribution >= 0.6 is 0 Å². The first-order chi connectivity index (χ1) is 21.5. The summed E-state index contributed by atoms with van der Waals surface area (Å²) in [6.07, 6.45) is 1.03. The fraction of sp³-hybridized carbons (Fsp3) is 0.333. The standard InChI is InChI=1S/C21H25.C13H13.C11H14.2ClH.Zr/c1-20(2,3)16-9-7-14-11-15-8-10-17(21(4,5)6)13-19(15)18(14)12-16;1-10-8-11(2)13(9-10)12-6-4-3-5-7-12;1-9-5-7-10(8-6-9)11(2,3)4;;;/h7,9-10,12-13H,11H2,1-6H3;3-9H,1-2H3;1,5-8H,2-4H3;2*1H;/q2*-1;;;;+2/p-2. The number of aryl methyl sites for hydroxylation is 2. The second-order valence-electron chi connectivity index (χ2n) is 15.8. The average Bonchev–Trinajstić information content (AvgIpc) is 3.54. The van der Waals surface area contributed by atoms with E-state index in [2.05, 4.69) is 183 Å². The summed E-state index contributed by atoms with van der Waals surface area (Å²) < 4.78 is 2.21. The van der Waals surface area contributed by atoms with Crippen molar-refractivity contribution in [1.82, 2.24) is 0 Å². The first kappa shape index (κ1) is 41.7. The first-order valence-electron chi connectivity index (χ1n) is 16.6. The van der Waals surface area contributed by atoms with Gasteiger partial charge in [-0.2, -0.15) is 52.1 Å². The Labute approximate surface area is 319 Å². The van der Waals surface area contributed by atoms with Gasteiger partial charge in [0.25, 0.3) is 0 Å². The van der Waals surface area contributed by atoms with Crippen molar-refractivity contribution in [1.29, 1.82) is 0 Å². The summed E-state index contributed by atoms with van der Waals surface area (Å²) in [4.78, 5) is 0. The molecule has 0 heterocycles. The molecule has 0 bridgehead atoms. The molecule has 0 aliphatic heterocycles. The Morgan fingerprint density at radius 1 is 0.625 bits per heavy atom. The van der Waals surface area contributed by atoms with Crippen LogP contribution in [0.1, 0.15) is 107 Å². The van der Waals surface area contributed by atoms with Gasteiger partial charge in [-0.3, -0.25) is 0 Å². The van der Waals surface area contributed by atoms with Gasteiger partial charge in [-0.05, 0) is 17.4 Å². The van der Waals surface area contributed by atoms with E-state index in [1.165, 1.54) is 91.0 Å². The largest absolute Gasteiger partial charge is 1.00 e. The predicted octanol–water partition coefficient (Wildman–Crippen LogP) is 6.03. The van der Waals surface area contributed by atoms with Crippen molar-refractivity contribution in [3.8, 4) is 22.3 Å². The number of hydrogen-bond acceptors (Lipinski definition) is 0. The molecule has 0 unspecified atom stereocenters. The molecule has 48 heavy (non-hydrogen) atoms. The molecule has 3 heteroatoms. The zero-order valence-electron chi connectivity index (χ0n) is 30.8. The van der Waals surface area contributed by atoms with Gasteiger partial charge in [0.2, 0.25) is 0 Å². The van der Waals surface area contributed by atoms with Gasteiger partial charge in [0.05, 0.1) is 0 Å². The van der Waals surface area contributed by atoms with E-state index in [0.29, 0.717) is 0 Å². The number of halogens is 2. The van der Waals surface area contributed by atoms with Crippen LogP contribution in [0.15, 0.2) is 97.1 Å². The molecule has 0 saturated carbocycles. The fourth-order valence-electron chi connectivity index (χ4n) is 5.80. The molecule has 1 aliphatic rings. The third-order valence-corrected chi connectivity index (χ3v) is 9.61. The predicted molar refractivity (Wildman–Crippen MR) is 198 cm³/mol. The molecule has 6 rings (SSSR count). The van der Waals surface area contributed by atoms with Gasteiger partial charge < -0.3 is 24.8 Å². The van der Waals surface area contributed by atoms with Gasteiger partial charge in [0.15, 0.2) is 0 Å². The quantitative estimate of drug-likeness (QED) is 0.190. The SMILES string of the molecule is CC(C)(C)c1c[c-]c2c(c1)-c1cc(C(C)(C)C)ccc1C2.CC(C)(C)c1ccc([CH]=[Zr+2])cc1.Cc1cc(-c2ccccc2)c(C)[cH-]1.[Cl-].[Cl-]. The summed E-state index contributed by atoms with van der Waals surface area (Å²) >= 11 is 1.46. The van der Waals surface area contributed by atoms with Crippen LogP contribution in [0.5, 0.6) is 0 Å². The molecule has 252 valence electrons. The Balaban J connectivity index is 0.000000259. The molecular formula is C45H52Cl2Zr-2. The van der Waals surface area contributed by atoms with Crippen LogP contribution in [0.25, 0.3) is 22.3 Å². The molecule has 0 radical (unpaired) electrons. The summed E-state index contributed by atoms with van der Waals surface area (Å²) in [5.74, 6) is 0. The molecular weight excluding hydrogens is 703 g/mol. The van der Waals surface area contributed by atoms with Gasteiger partial charge >= 0.3 is 89.5 Å². The van der Waals surface area contributed by atoms with Crippen LogP contribution in [0.3, 0.4) is 0 Å². The maximum absolute atomic E-state index is 3.53. The summed E-state index contributed by atoms with van der Waals surface area (Å²) in [6, 6.07) is 38.9. The van der Waals surface area contributed by atoms with Gasteiger partial charge in [-0.15, -0.1) is 5.56 Å². The zero-order valence-corrected chi connectivity index (χ0v) is 34.7. The zero-order chi connectivity index (χ0) is 33.9. The van der Waals surface area contributed by atoms with E-state index in [0.717, 1.165) is 6.42 Å². The maximum Gasteiger partial charge on any atom is -0.0623 e. The van der Waals surface area contributed by atoms with Gasteiger partial charge in [-0.25, -0.2) is 6.07 Å². The van der Waals surface area contributed by atoms with E-state index in [1.54, 1.807) is 0 Å². The summed E-state index contributed by atoms with van der Waals surface area (Å²) in [5, 5.41) is 0. The van der Waals surface area contributed by atoms with Gasteiger partial charge in [0.1, 0.15) is 0 Å². The van der Waals surface area contributed by atoms with Gasteiger partial charge in [0, 0.05) is 0 Å². The fourth-order valence-corrected chi connectivity index (χ4v) is 6.27. The summed E-state index contributed by atoms with van der Waals surface area (Å²) in [6.45, 7) is 24.7. The van der Waals surface area contributed by atoms with E-state index in [-0.39, 0.29) is 41.1 Å². The molecule has 0 amide bonds. The van der Waals surface area contributed by atoms with E-state index in [4.69, 9.17) is 0 Å². The number of hydrogen-bond donors (Lipinski definition) is 0. The number of rotatable bonds is 2. The Morgan fingerprint density at radius 2 is 1.17 bits per heavy atom. The van der Waals surface area contributed by atoms with E-state index < -0.39 is 0 Å². The minimum atomic E-state index is 0. The van der Waals surface area contributed by atoms with Crippen molar-refractivity contribution >= 4 is 3.71 Å². The van der Waals surface area contributed by atoms with Crippen molar-refractivity contribution in [2.75, 3.05) is 0 Å². The Kier molecular flexibility index (Phi) is 14.8. The van der Waals surface area contributed by atoms with Crippen molar-refractivity contribution in [2.45, 2.75) is 98.8 Å². The third-order valence-electron chi connectivity index (χ3n) is 8.80. The first-order valence-corrected chi connectivity index (χ1v) is 18.0. The molecule has 0 atom stereocenters.